The number of H-pyrrole nitrogens is 1. The first-order chi connectivity index (χ1) is 23.5. The third-order valence-electron chi connectivity index (χ3n) is 6.70. The number of anilines is 1. The number of carbonyl (C=O) groups is 4. The van der Waals surface area contributed by atoms with Gasteiger partial charge in [0.2, 0.25) is 22.1 Å². The minimum Gasteiger partial charge on any atom is -0.465 e. The fraction of sp³-hybridized carbons (Fsp3) is 0.500. The Bertz CT molecular complexity index is 1880. The van der Waals surface area contributed by atoms with Crippen molar-refractivity contribution in [3.05, 3.63) is 26.5 Å². The van der Waals surface area contributed by atoms with E-state index in [0.717, 1.165) is 0 Å². The number of nitrogens with zero attached hydrogens (tertiary/aromatic N) is 7. The third-order valence-corrected chi connectivity index (χ3v) is 7.82. The maximum absolute atomic E-state index is 11.0. The predicted molar refractivity (Wildman–Crippen MR) is 180 cm³/mol. The van der Waals surface area contributed by atoms with Crippen LogP contribution in [0.2, 0.25) is 20.9 Å². The number of carbonyl (C=O) groups excluding carboxylic acids is 4. The summed E-state index contributed by atoms with van der Waals surface area (Å²) in [7, 11) is 0. The molecule has 0 unspecified atom stereocenters. The van der Waals surface area contributed by atoms with Crippen molar-refractivity contribution in [2.75, 3.05) is 32.2 Å². The number of aryl methyl sites for hydroxylation is 1. The molecule has 4 heterocycles. The minimum absolute atomic E-state index is 0.00620. The van der Waals surface area contributed by atoms with Crippen LogP contribution in [0, 0.1) is 17.2 Å². The summed E-state index contributed by atoms with van der Waals surface area (Å²) in [4.78, 5) is 66.8. The van der Waals surface area contributed by atoms with Gasteiger partial charge in [0.05, 0.1) is 26.4 Å². The maximum atomic E-state index is 11.0. The van der Waals surface area contributed by atoms with E-state index in [0.29, 0.717) is 42.6 Å². The van der Waals surface area contributed by atoms with E-state index in [9.17, 15) is 19.2 Å². The van der Waals surface area contributed by atoms with Gasteiger partial charge in [-0.2, -0.15) is 19.9 Å². The van der Waals surface area contributed by atoms with Crippen molar-refractivity contribution < 1.29 is 38.1 Å². The topological polar surface area (TPSA) is 245 Å². The molecule has 4 rings (SSSR count). The van der Waals surface area contributed by atoms with Crippen molar-refractivity contribution in [1.82, 2.24) is 39.0 Å². The highest BCUT2D eigenvalue weighted by Crippen LogP contribution is 2.25. The largest absolute Gasteiger partial charge is 0.465 e. The molecular weight excluding hydrogens is 746 g/mol. The number of hydrogen-bond acceptors (Lipinski definition) is 15. The molecule has 0 aromatic carbocycles. The fourth-order valence-corrected chi connectivity index (χ4v) is 5.24. The van der Waals surface area contributed by atoms with Gasteiger partial charge in [0, 0.05) is 52.6 Å². The molecule has 0 aliphatic heterocycles. The maximum Gasteiger partial charge on any atom is 0.302 e. The molecule has 0 bridgehead atoms. The van der Waals surface area contributed by atoms with E-state index in [-0.39, 0.29) is 76.4 Å². The molecule has 18 nitrogen and oxygen atoms in total. The van der Waals surface area contributed by atoms with Crippen LogP contribution in [0.3, 0.4) is 0 Å². The molecule has 0 amide bonds. The normalized spacial score (nSPS) is 11.1. The zero-order chi connectivity index (χ0) is 37.1. The van der Waals surface area contributed by atoms with E-state index < -0.39 is 23.9 Å². The molecule has 4 N–H and O–H groups in total. The number of aromatic amines is 1. The van der Waals surface area contributed by atoms with Crippen molar-refractivity contribution in [3.8, 4) is 0 Å². The number of nitrogen functional groups attached to an aromatic ring is 1. The number of fused-ring (bicyclic) bond motifs is 2. The highest BCUT2D eigenvalue weighted by molar-refractivity contribution is 6.35. The lowest BCUT2D eigenvalue weighted by Crippen LogP contribution is -2.27. The summed E-state index contributed by atoms with van der Waals surface area (Å²) >= 11 is 24.2. The number of aromatic nitrogens is 8. The summed E-state index contributed by atoms with van der Waals surface area (Å²) in [5, 5.41) is 8.65. The summed E-state index contributed by atoms with van der Waals surface area (Å²) in [6.07, 6.45) is 0.944. The van der Waals surface area contributed by atoms with Crippen LogP contribution in [-0.2, 0) is 51.2 Å². The summed E-state index contributed by atoms with van der Waals surface area (Å²) in [6, 6.07) is 0. The van der Waals surface area contributed by atoms with E-state index in [1.165, 1.54) is 32.3 Å². The van der Waals surface area contributed by atoms with Gasteiger partial charge in [-0.25, -0.2) is 4.98 Å². The Labute approximate surface area is 304 Å². The van der Waals surface area contributed by atoms with Crippen LogP contribution in [0.5, 0.6) is 0 Å². The number of ether oxygens (including phenoxy) is 4. The molecule has 0 saturated heterocycles. The number of esters is 4. The SMILES string of the molecule is CC(=O)OCC(CCn1c(Cl)c2[nH]c(Cl)nc2nc1=N)COC(C)=O.CC(=O)OCC(CCn1c(Cl)nc2c(Cl)nc(N)nc21)COC(C)=O. The molecule has 0 radical (unpaired) electrons. The summed E-state index contributed by atoms with van der Waals surface area (Å²) in [5.74, 6) is -2.11. The van der Waals surface area contributed by atoms with Gasteiger partial charge < -0.3 is 29.7 Å². The molecular formula is C28H34Cl4N10O8. The average molecular weight is 780 g/mol. The Morgan fingerprint density at radius 3 is 1.70 bits per heavy atom. The molecule has 4 aromatic heterocycles. The van der Waals surface area contributed by atoms with Crippen LogP contribution < -0.4 is 11.4 Å². The minimum atomic E-state index is -0.421. The molecule has 0 aliphatic rings. The highest BCUT2D eigenvalue weighted by atomic mass is 35.5. The molecule has 4 aromatic rings. The number of imidazole rings is 2. The fourth-order valence-electron chi connectivity index (χ4n) is 4.30. The van der Waals surface area contributed by atoms with Gasteiger partial charge in [-0.3, -0.25) is 33.7 Å². The molecule has 0 spiro atoms. The lowest BCUT2D eigenvalue weighted by molar-refractivity contribution is -0.148. The molecule has 272 valence electrons. The first-order valence-corrected chi connectivity index (χ1v) is 16.3. The molecule has 0 fully saturated rings. The van der Waals surface area contributed by atoms with Crippen molar-refractivity contribution in [2.45, 2.75) is 53.6 Å². The molecule has 0 aliphatic carbocycles. The summed E-state index contributed by atoms with van der Waals surface area (Å²) < 4.78 is 23.1. The number of hydrogen-bond donors (Lipinski definition) is 3. The Kier molecular flexibility index (Phi) is 15.0. The first-order valence-electron chi connectivity index (χ1n) is 14.8. The third kappa shape index (κ3) is 12.0. The highest BCUT2D eigenvalue weighted by Gasteiger charge is 2.19. The number of rotatable bonds is 14. The zero-order valence-electron chi connectivity index (χ0n) is 27.3. The van der Waals surface area contributed by atoms with Gasteiger partial charge in [0.15, 0.2) is 16.4 Å². The lowest BCUT2D eigenvalue weighted by atomic mass is 10.1. The second-order valence-electron chi connectivity index (χ2n) is 10.7. The van der Waals surface area contributed by atoms with Crippen molar-refractivity contribution in [2.24, 2.45) is 11.8 Å². The van der Waals surface area contributed by atoms with E-state index in [1.807, 2.05) is 0 Å². The number of nitrogens with one attached hydrogen (secondary N) is 2. The Hall–Kier alpha value is -4.26. The zero-order valence-corrected chi connectivity index (χ0v) is 30.3. The number of nitrogens with two attached hydrogens (primary N) is 1. The average Bonchev–Trinajstić information content (AvgIpc) is 3.55. The Morgan fingerprint density at radius 2 is 1.22 bits per heavy atom. The second-order valence-corrected chi connectivity index (χ2v) is 12.1. The Morgan fingerprint density at radius 1 is 0.740 bits per heavy atom. The molecule has 50 heavy (non-hydrogen) atoms. The monoisotopic (exact) mass is 778 g/mol. The van der Waals surface area contributed by atoms with Crippen LogP contribution in [0.15, 0.2) is 0 Å². The van der Waals surface area contributed by atoms with Gasteiger partial charge in [0.25, 0.3) is 0 Å². The van der Waals surface area contributed by atoms with Crippen LogP contribution in [-0.4, -0.2) is 89.3 Å². The van der Waals surface area contributed by atoms with Crippen LogP contribution >= 0.6 is 46.4 Å². The first kappa shape index (κ1) is 40.2. The van der Waals surface area contributed by atoms with Gasteiger partial charge in [-0.1, -0.05) is 23.2 Å². The van der Waals surface area contributed by atoms with Gasteiger partial charge in [0.1, 0.15) is 16.2 Å². The standard InChI is InChI=1S/2C14H17Cl2N5O4/c1-7(22)24-5-9(6-25-8(2)23)3-4-21-11(15)10-12(20-14(21)17)19-13(16)18-10;1-7(22)24-5-9(6-25-8(2)23)3-4-21-12-10(18-13(21)16)11(15)19-14(17)20-12/h9H,3-6H2,1-2H3,(H2,17,18,19,20);9H,3-6H2,1-2H3,(H2,17,19,20). The smallest absolute Gasteiger partial charge is 0.302 e. The van der Waals surface area contributed by atoms with E-state index >= 15 is 0 Å². The molecule has 0 saturated carbocycles. The van der Waals surface area contributed by atoms with E-state index in [2.05, 4.69) is 29.9 Å². The van der Waals surface area contributed by atoms with Crippen molar-refractivity contribution >= 4 is 98.6 Å². The van der Waals surface area contributed by atoms with Crippen molar-refractivity contribution in [3.63, 3.8) is 0 Å². The van der Waals surface area contributed by atoms with Gasteiger partial charge in [-0.15, -0.1) is 0 Å². The second kappa shape index (κ2) is 18.7. The quantitative estimate of drug-likeness (QED) is 0.0718. The van der Waals surface area contributed by atoms with Crippen LogP contribution in [0.1, 0.15) is 40.5 Å². The molecule has 0 atom stereocenters. The lowest BCUT2D eigenvalue weighted by Gasteiger charge is -2.17. The summed E-state index contributed by atoms with van der Waals surface area (Å²) in [5.41, 5.74) is 6.97. The Balaban J connectivity index is 0.000000270. The predicted octanol–water partition coefficient (Wildman–Crippen LogP) is 3.53. The summed E-state index contributed by atoms with van der Waals surface area (Å²) in [6.45, 7) is 6.34. The van der Waals surface area contributed by atoms with Crippen molar-refractivity contribution in [1.29, 1.82) is 5.41 Å². The van der Waals surface area contributed by atoms with Crippen LogP contribution in [0.4, 0.5) is 5.95 Å². The van der Waals surface area contributed by atoms with E-state index in [4.69, 9.17) is 76.5 Å². The number of halogens is 4. The van der Waals surface area contributed by atoms with Gasteiger partial charge in [-0.05, 0) is 36.0 Å². The van der Waals surface area contributed by atoms with Gasteiger partial charge >= 0.3 is 23.9 Å². The van der Waals surface area contributed by atoms with E-state index in [1.54, 1.807) is 4.57 Å². The van der Waals surface area contributed by atoms with Crippen LogP contribution in [0.25, 0.3) is 22.3 Å². The molecule has 22 heteroatoms.